The number of aliphatic carboxylic acids is 3. The van der Waals surface area contributed by atoms with Crippen LogP contribution in [0.3, 0.4) is 0 Å². The second-order valence-corrected chi connectivity index (χ2v) is 26.5. The third kappa shape index (κ3) is 19.4. The van der Waals surface area contributed by atoms with Gasteiger partial charge in [-0.05, 0) is 84.0 Å². The number of fused-ring (bicyclic) bond motifs is 6. The van der Waals surface area contributed by atoms with E-state index in [9.17, 15) is 68.1 Å². The number of carbonyl (C=O) groups is 10. The largest absolute Gasteiger partial charge is 0.513 e. The fourth-order valence-corrected chi connectivity index (χ4v) is 13.6. The van der Waals surface area contributed by atoms with Crippen LogP contribution in [-0.2, 0) is 57.6 Å². The molecule has 516 valence electrons. The van der Waals surface area contributed by atoms with E-state index in [1.54, 1.807) is 47.4 Å². The number of nitrogens with zero attached hydrogens (tertiary/aromatic N) is 4. The van der Waals surface area contributed by atoms with E-state index in [1.165, 1.54) is 13.1 Å². The number of carboxylic acids is 3. The molecule has 27 nitrogen and oxygen atoms in total. The number of H-pyrrole nitrogens is 3. The second kappa shape index (κ2) is 33.6. The van der Waals surface area contributed by atoms with Gasteiger partial charge < -0.3 is 61.8 Å². The number of hydrogen-bond donors (Lipinski definition) is 10. The molecule has 4 aromatic heterocycles. The van der Waals surface area contributed by atoms with Crippen molar-refractivity contribution in [2.24, 2.45) is 17.6 Å². The maximum atomic E-state index is 13.3. The minimum atomic E-state index is -1.68. The highest BCUT2D eigenvalue weighted by Crippen LogP contribution is 2.46. The minimum absolute atomic E-state index is 0.0439. The molecule has 0 saturated carbocycles. The monoisotopic (exact) mass is 1410 g/mol. The van der Waals surface area contributed by atoms with Crippen LogP contribution in [0.4, 0.5) is 16.4 Å². The number of amides is 3. The van der Waals surface area contributed by atoms with E-state index in [-0.39, 0.29) is 82.9 Å². The van der Waals surface area contributed by atoms with E-state index < -0.39 is 103 Å². The molecule has 5 aromatic carbocycles. The predicted octanol–water partition coefficient (Wildman–Crippen LogP) is 8.02. The molecular formula is C69H70ClN11O16S2. The number of hydrogen-bond acceptors (Lipinski definition) is 20. The van der Waals surface area contributed by atoms with Crippen molar-refractivity contribution in [1.29, 1.82) is 0 Å². The van der Waals surface area contributed by atoms with E-state index in [0.717, 1.165) is 71.2 Å². The molecule has 0 saturated heterocycles. The van der Waals surface area contributed by atoms with Gasteiger partial charge in [-0.3, -0.25) is 52.9 Å². The van der Waals surface area contributed by atoms with Crippen molar-refractivity contribution in [2.75, 3.05) is 47.7 Å². The number of carbonyl (C=O) groups excluding carboxylic acids is 7. The highest BCUT2D eigenvalue weighted by atomic mass is 35.5. The minimum Gasteiger partial charge on any atom is -0.481 e. The number of halogens is 1. The summed E-state index contributed by atoms with van der Waals surface area (Å²) in [6.45, 7) is 3.20. The topological polar surface area (TPSA) is 432 Å². The van der Waals surface area contributed by atoms with Crippen LogP contribution >= 0.6 is 33.2 Å². The number of Topliss-reactive ketones (excluding diaryl/α,β-unsaturated/α-hetero) is 3. The number of benzene rings is 5. The molecule has 5 heterocycles. The van der Waals surface area contributed by atoms with E-state index in [2.05, 4.69) is 52.7 Å². The molecule has 1 aliphatic rings. The van der Waals surface area contributed by atoms with Crippen LogP contribution in [0.25, 0.3) is 43.7 Å². The first-order chi connectivity index (χ1) is 47.4. The maximum absolute atomic E-state index is 13.3. The highest BCUT2D eigenvalue weighted by molar-refractivity contribution is 8.76. The lowest BCUT2D eigenvalue weighted by molar-refractivity contribution is -0.144. The summed E-state index contributed by atoms with van der Waals surface area (Å²) < 4.78 is 10.8. The molecule has 1 aliphatic heterocycles. The van der Waals surface area contributed by atoms with Crippen LogP contribution < -0.4 is 37.3 Å². The molecule has 5 atom stereocenters. The van der Waals surface area contributed by atoms with Crippen LogP contribution in [0.15, 0.2) is 120 Å². The molecule has 0 fully saturated rings. The summed E-state index contributed by atoms with van der Waals surface area (Å²) in [4.78, 5) is 161. The summed E-state index contributed by atoms with van der Waals surface area (Å²) in [5.41, 5.74) is 19.1. The molecule has 0 radical (unpaired) electrons. The Kier molecular flexibility index (Phi) is 24.7. The number of para-hydroxylation sites is 1. The Labute approximate surface area is 577 Å². The number of ether oxygens (including phenoxy) is 2. The van der Waals surface area contributed by atoms with Crippen LogP contribution in [0, 0.1) is 18.8 Å². The maximum Gasteiger partial charge on any atom is 0.513 e. The Morgan fingerprint density at radius 1 is 0.778 bits per heavy atom. The average molecular weight is 1410 g/mol. The summed E-state index contributed by atoms with van der Waals surface area (Å²) in [5.74, 6) is -9.67. The van der Waals surface area contributed by atoms with Gasteiger partial charge in [0.15, 0.2) is 28.5 Å². The summed E-state index contributed by atoms with van der Waals surface area (Å²) >= 11 is 6.25. The van der Waals surface area contributed by atoms with Gasteiger partial charge in [-0.2, -0.15) is 4.98 Å². The number of aromatic amines is 3. The van der Waals surface area contributed by atoms with Gasteiger partial charge in [-0.15, -0.1) is 11.6 Å². The molecule has 0 bridgehead atoms. The molecule has 12 N–H and O–H groups in total. The van der Waals surface area contributed by atoms with Crippen molar-refractivity contribution in [1.82, 2.24) is 40.5 Å². The normalized spacial score (nSPS) is 13.7. The van der Waals surface area contributed by atoms with Crippen molar-refractivity contribution in [2.45, 2.75) is 83.2 Å². The van der Waals surface area contributed by atoms with Gasteiger partial charge in [0.05, 0.1) is 47.6 Å². The molecule has 10 rings (SSSR count). The van der Waals surface area contributed by atoms with E-state index >= 15 is 0 Å². The summed E-state index contributed by atoms with van der Waals surface area (Å²) in [6, 6.07) is 30.2. The number of aromatic nitrogens is 6. The molecule has 0 spiro atoms. The first-order valence-corrected chi connectivity index (χ1v) is 34.3. The standard InChI is InChI=1S/C50H54ClN9O15S2.C19H16N2O/c1-25(61)60-23-30(20-51)42-33-5-3-2-4-32(33)39(19-36(42)60)75-50(73)74-14-15-76-77-24-29(48(71)72)17-38(63)35(18-41(65)66)57-45(67)34(52)22-54-40(64)13-11-28(47(69)70)16-37(62)27-9-6-26(7-10-27)8-12-31-21-55-44-43(56-31)46(68)59-49(53)58-44;1-12-8-15-9-13(6-7-17(15)20-12)10-19(22)18-11-14-4-2-3-5-16(14)21-18/h2-7,9-10,19,21,28-30,34-35H,8,11-18,20,22-24,52H2,1H3,(H,54,64)(H,57,67)(H,65,66)(H,69,70)(H,71,72)(H3,53,55,58,59,68);2-9,11,20-21H,10H2,1H3. The zero-order valence-corrected chi connectivity index (χ0v) is 55.9. The Morgan fingerprint density at radius 2 is 1.49 bits per heavy atom. The number of ketones is 3. The number of aryl methyl sites for hydroxylation is 3. The van der Waals surface area contributed by atoms with Gasteiger partial charge in [0.1, 0.15) is 18.4 Å². The summed E-state index contributed by atoms with van der Waals surface area (Å²) in [6.07, 6.45) is -0.868. The molecule has 5 unspecified atom stereocenters. The van der Waals surface area contributed by atoms with Crippen LogP contribution in [0.5, 0.6) is 5.75 Å². The summed E-state index contributed by atoms with van der Waals surface area (Å²) in [7, 11) is 2.18. The van der Waals surface area contributed by atoms with E-state index in [0.29, 0.717) is 48.3 Å². The number of anilines is 2. The lowest BCUT2D eigenvalue weighted by Gasteiger charge is -2.21. The van der Waals surface area contributed by atoms with Crippen LogP contribution in [0.1, 0.15) is 93.9 Å². The van der Waals surface area contributed by atoms with Gasteiger partial charge in [0, 0.05) is 108 Å². The van der Waals surface area contributed by atoms with Crippen molar-refractivity contribution in [3.8, 4) is 5.75 Å². The zero-order valence-electron chi connectivity index (χ0n) is 53.5. The molecule has 3 amide bonds. The molecule has 9 aromatic rings. The van der Waals surface area contributed by atoms with Crippen LogP contribution in [-0.4, -0.2) is 154 Å². The first-order valence-electron chi connectivity index (χ1n) is 31.3. The van der Waals surface area contributed by atoms with Gasteiger partial charge in [0.25, 0.3) is 5.56 Å². The third-order valence-electron chi connectivity index (χ3n) is 16.3. The Balaban J connectivity index is 0.000000434. The van der Waals surface area contributed by atoms with Gasteiger partial charge in [-0.25, -0.2) is 14.8 Å². The first kappa shape index (κ1) is 72.8. The fraction of sp³-hybridized carbons (Fsp3) is 0.304. The lowest BCUT2D eigenvalue weighted by Crippen LogP contribution is -2.53. The smallest absolute Gasteiger partial charge is 0.481 e. The Morgan fingerprint density at radius 3 is 2.21 bits per heavy atom. The van der Waals surface area contributed by atoms with E-state index in [1.807, 2.05) is 61.5 Å². The summed E-state index contributed by atoms with van der Waals surface area (Å²) in [5, 5.41) is 37.4. The zero-order chi connectivity index (χ0) is 71.0. The number of nitrogen functional groups attached to an aromatic ring is 1. The molecular weight excluding hydrogens is 1340 g/mol. The van der Waals surface area contributed by atoms with Gasteiger partial charge in [-0.1, -0.05) is 94.4 Å². The van der Waals surface area contributed by atoms with Crippen molar-refractivity contribution >= 4 is 148 Å². The predicted molar refractivity (Wildman–Crippen MR) is 373 cm³/mol. The Hall–Kier alpha value is -10.5. The quantitative estimate of drug-likeness (QED) is 0.00491. The number of nitrogens with one attached hydrogen (secondary N) is 5. The number of nitrogens with two attached hydrogens (primary N) is 2. The van der Waals surface area contributed by atoms with Crippen molar-refractivity contribution < 1.29 is 72.7 Å². The second-order valence-electron chi connectivity index (χ2n) is 23.5. The fourth-order valence-electron chi connectivity index (χ4n) is 11.2. The van der Waals surface area contributed by atoms with Gasteiger partial charge >= 0.3 is 24.1 Å². The average Bonchev–Trinajstić information content (AvgIpc) is 1.63. The number of rotatable bonds is 31. The number of carboxylic acid groups (broad SMARTS) is 3. The van der Waals surface area contributed by atoms with Crippen LogP contribution in [0.2, 0.25) is 0 Å². The Bertz CT molecular complexity index is 4590. The number of alkyl halides is 1. The molecule has 0 aliphatic carbocycles. The SMILES string of the molecule is CC(=O)N1CC(CCl)c2c1cc(OC(=O)OCCSSCC(CC(=O)C(CC(=O)O)NC(=O)C(N)CNC(=O)CCC(CC(=O)c1ccc(CCc3cnc4nc(N)[nH]c(=O)c4n3)cc1)C(=O)O)C(=O)O)c1ccccc21.Cc1cc2cc(CC(=O)c3cc4ccccc4[nH]3)ccc2[nH]1. The van der Waals surface area contributed by atoms with E-state index in [4.69, 9.17) is 32.5 Å². The van der Waals surface area contributed by atoms with Gasteiger partial charge in [0.2, 0.25) is 23.7 Å². The molecule has 30 heteroatoms. The third-order valence-corrected chi connectivity index (χ3v) is 19.1. The highest BCUT2D eigenvalue weighted by Gasteiger charge is 2.35. The van der Waals surface area contributed by atoms with Crippen molar-refractivity contribution in [3.63, 3.8) is 0 Å². The van der Waals surface area contributed by atoms with Crippen molar-refractivity contribution in [3.05, 3.63) is 165 Å². The lowest BCUT2D eigenvalue weighted by atomic mass is 9.93. The molecule has 99 heavy (non-hydrogen) atoms.